The molecule has 0 amide bonds. The van der Waals surface area contributed by atoms with Crippen molar-refractivity contribution >= 4 is 11.6 Å². The average Bonchev–Trinajstić information content (AvgIpc) is 2.38. The van der Waals surface area contributed by atoms with Crippen LogP contribution in [-0.2, 0) is 6.42 Å². The molecule has 0 spiro atoms. The third kappa shape index (κ3) is 2.31. The maximum Gasteiger partial charge on any atom is 0.0637 e. The van der Waals surface area contributed by atoms with E-state index in [2.05, 4.69) is 11.9 Å². The molecule has 0 saturated heterocycles. The van der Waals surface area contributed by atoms with Crippen molar-refractivity contribution in [3.05, 3.63) is 29.0 Å². The van der Waals surface area contributed by atoms with Gasteiger partial charge in [-0.15, -0.1) is 0 Å². The predicted octanol–water partition coefficient (Wildman–Crippen LogP) is 4.24. The number of halogens is 1. The second-order valence-electron chi connectivity index (χ2n) is 8.32. The number of rotatable bonds is 3. The summed E-state index contributed by atoms with van der Waals surface area (Å²) in [5, 5.41) is 11.7. The number of aromatic nitrogens is 1. The zero-order valence-electron chi connectivity index (χ0n) is 12.7. The number of hydrogen-bond donors (Lipinski definition) is 1. The fourth-order valence-corrected chi connectivity index (χ4v) is 6.38. The van der Waals surface area contributed by atoms with Gasteiger partial charge in [-0.1, -0.05) is 18.5 Å². The maximum atomic E-state index is 11.0. The topological polar surface area (TPSA) is 33.1 Å². The Kier molecular flexibility index (Phi) is 3.14. The molecule has 4 aliphatic rings. The number of hydrogen-bond acceptors (Lipinski definition) is 2. The van der Waals surface area contributed by atoms with Crippen LogP contribution < -0.4 is 0 Å². The quantitative estimate of drug-likeness (QED) is 0.906. The van der Waals surface area contributed by atoms with Crippen LogP contribution in [0, 0.1) is 22.7 Å². The van der Waals surface area contributed by atoms with Gasteiger partial charge in [0.05, 0.1) is 11.1 Å². The lowest BCUT2D eigenvalue weighted by molar-refractivity contribution is -0.152. The minimum absolute atomic E-state index is 0.144. The van der Waals surface area contributed by atoms with Crippen molar-refractivity contribution in [3.63, 3.8) is 0 Å². The fourth-order valence-electron chi connectivity index (χ4n) is 6.18. The first kappa shape index (κ1) is 14.0. The minimum Gasteiger partial charge on any atom is -0.392 e. The van der Waals surface area contributed by atoms with Crippen molar-refractivity contribution in [1.29, 1.82) is 0 Å². The van der Waals surface area contributed by atoms with E-state index >= 15 is 0 Å². The van der Waals surface area contributed by atoms with Crippen molar-refractivity contribution in [2.45, 2.75) is 58.0 Å². The monoisotopic (exact) mass is 305 g/mol. The van der Waals surface area contributed by atoms with Gasteiger partial charge in [0.15, 0.2) is 0 Å². The molecule has 1 heterocycles. The predicted molar refractivity (Wildman–Crippen MR) is 84.2 cm³/mol. The molecular weight excluding hydrogens is 282 g/mol. The molecule has 1 aromatic heterocycles. The van der Waals surface area contributed by atoms with E-state index in [1.807, 2.05) is 6.07 Å². The van der Waals surface area contributed by atoms with Gasteiger partial charge in [0.1, 0.15) is 0 Å². The van der Waals surface area contributed by atoms with Gasteiger partial charge in [-0.05, 0) is 72.8 Å². The Balaban J connectivity index is 1.59. The minimum atomic E-state index is -0.261. The van der Waals surface area contributed by atoms with Gasteiger partial charge in [0.2, 0.25) is 0 Å². The fraction of sp³-hybridized carbons (Fsp3) is 0.722. The molecule has 1 aromatic rings. The Morgan fingerprint density at radius 1 is 1.33 bits per heavy atom. The van der Waals surface area contributed by atoms with E-state index in [4.69, 9.17) is 11.6 Å². The van der Waals surface area contributed by atoms with E-state index < -0.39 is 0 Å². The first-order valence-electron chi connectivity index (χ1n) is 8.25. The molecule has 4 aliphatic carbocycles. The van der Waals surface area contributed by atoms with Gasteiger partial charge in [0.25, 0.3) is 0 Å². The molecule has 0 aliphatic heterocycles. The maximum absolute atomic E-state index is 11.0. The highest BCUT2D eigenvalue weighted by Crippen LogP contribution is 2.66. The Bertz CT molecular complexity index is 544. The molecular formula is C18H24ClNO. The summed E-state index contributed by atoms with van der Waals surface area (Å²) >= 11 is 6.23. The summed E-state index contributed by atoms with van der Waals surface area (Å²) in [7, 11) is 0. The molecule has 4 bridgehead atoms. The molecule has 21 heavy (non-hydrogen) atoms. The third-order valence-electron chi connectivity index (χ3n) is 6.38. The summed E-state index contributed by atoms with van der Waals surface area (Å²) in [4.78, 5) is 4.04. The normalized spacial score (nSPS) is 42.2. The van der Waals surface area contributed by atoms with Gasteiger partial charge >= 0.3 is 0 Å². The zero-order valence-corrected chi connectivity index (χ0v) is 13.4. The first-order chi connectivity index (χ1) is 9.98. The largest absolute Gasteiger partial charge is 0.392 e. The van der Waals surface area contributed by atoms with Crippen LogP contribution in [0.3, 0.4) is 0 Å². The Morgan fingerprint density at radius 2 is 2.05 bits per heavy atom. The van der Waals surface area contributed by atoms with Crippen molar-refractivity contribution in [2.24, 2.45) is 22.7 Å². The smallest absolute Gasteiger partial charge is 0.0637 e. The highest BCUT2D eigenvalue weighted by Gasteiger charge is 2.58. The number of pyridine rings is 1. The van der Waals surface area contributed by atoms with Crippen LogP contribution in [0.15, 0.2) is 18.5 Å². The van der Waals surface area contributed by atoms with Crippen LogP contribution in [0.5, 0.6) is 0 Å². The van der Waals surface area contributed by atoms with E-state index in [1.54, 1.807) is 12.4 Å². The molecule has 1 N–H and O–H groups in total. The van der Waals surface area contributed by atoms with E-state index in [1.165, 1.54) is 38.5 Å². The van der Waals surface area contributed by atoms with Gasteiger partial charge in [-0.3, -0.25) is 4.98 Å². The number of aliphatic hydroxyl groups is 1. The number of aliphatic hydroxyl groups excluding tert-OH is 1. The van der Waals surface area contributed by atoms with Crippen LogP contribution in [0.2, 0.25) is 5.02 Å². The molecule has 0 radical (unpaired) electrons. The van der Waals surface area contributed by atoms with Crippen LogP contribution in [0.4, 0.5) is 0 Å². The highest BCUT2D eigenvalue weighted by atomic mass is 35.5. The Hall–Kier alpha value is -0.600. The van der Waals surface area contributed by atoms with Crippen LogP contribution in [-0.4, -0.2) is 16.2 Å². The van der Waals surface area contributed by atoms with Crippen molar-refractivity contribution in [1.82, 2.24) is 4.98 Å². The molecule has 114 valence electrons. The molecule has 3 unspecified atom stereocenters. The molecule has 0 aromatic carbocycles. The summed E-state index contributed by atoms with van der Waals surface area (Å²) in [6.07, 6.45) is 11.7. The lowest BCUT2D eigenvalue weighted by Gasteiger charge is -2.62. The molecule has 4 saturated carbocycles. The SMILES string of the molecule is CC12CC3CC(C1)CC(C(O)Cc1ccncc1Cl)(C3)C2. The Morgan fingerprint density at radius 3 is 2.67 bits per heavy atom. The molecule has 3 heteroatoms. The van der Waals surface area contributed by atoms with E-state index in [0.29, 0.717) is 16.9 Å². The van der Waals surface area contributed by atoms with Gasteiger partial charge in [-0.2, -0.15) is 0 Å². The summed E-state index contributed by atoms with van der Waals surface area (Å²) in [5.41, 5.74) is 1.67. The zero-order chi connectivity index (χ0) is 14.7. The highest BCUT2D eigenvalue weighted by molar-refractivity contribution is 6.31. The average molecular weight is 306 g/mol. The second-order valence-corrected chi connectivity index (χ2v) is 8.73. The number of nitrogens with zero attached hydrogens (tertiary/aromatic N) is 1. The molecule has 4 fully saturated rings. The van der Waals surface area contributed by atoms with Crippen LogP contribution in [0.25, 0.3) is 0 Å². The lowest BCUT2D eigenvalue weighted by Crippen LogP contribution is -2.55. The van der Waals surface area contributed by atoms with E-state index in [0.717, 1.165) is 17.4 Å². The van der Waals surface area contributed by atoms with Crippen molar-refractivity contribution in [2.75, 3.05) is 0 Å². The van der Waals surface area contributed by atoms with Crippen molar-refractivity contribution in [3.8, 4) is 0 Å². The second kappa shape index (κ2) is 4.70. The van der Waals surface area contributed by atoms with E-state index in [9.17, 15) is 5.11 Å². The first-order valence-corrected chi connectivity index (χ1v) is 8.62. The van der Waals surface area contributed by atoms with Gasteiger partial charge in [-0.25, -0.2) is 0 Å². The third-order valence-corrected chi connectivity index (χ3v) is 6.72. The molecule has 3 atom stereocenters. The summed E-state index contributed by atoms with van der Waals surface area (Å²) in [5.74, 6) is 1.69. The lowest BCUT2D eigenvalue weighted by atomic mass is 9.43. The summed E-state index contributed by atoms with van der Waals surface area (Å²) in [6.45, 7) is 2.45. The summed E-state index contributed by atoms with van der Waals surface area (Å²) in [6, 6.07) is 1.95. The van der Waals surface area contributed by atoms with Crippen LogP contribution >= 0.6 is 11.6 Å². The summed E-state index contributed by atoms with van der Waals surface area (Å²) < 4.78 is 0. The van der Waals surface area contributed by atoms with Gasteiger partial charge < -0.3 is 5.11 Å². The Labute approximate surface area is 131 Å². The van der Waals surface area contributed by atoms with Gasteiger partial charge in [0, 0.05) is 18.8 Å². The molecule has 5 rings (SSSR count). The standard InChI is InChI=1S/C18H24ClNO/c1-17-6-12-4-13(7-17)9-18(8-12,11-17)16(21)5-14-2-3-20-10-15(14)19/h2-3,10,12-13,16,21H,4-9,11H2,1H3. The van der Waals surface area contributed by atoms with E-state index in [-0.39, 0.29) is 11.5 Å². The molecule has 2 nitrogen and oxygen atoms in total. The van der Waals surface area contributed by atoms with Crippen LogP contribution in [0.1, 0.15) is 51.0 Å². The van der Waals surface area contributed by atoms with Crippen molar-refractivity contribution < 1.29 is 5.11 Å².